The standard InChI is InChI=1S/C18H20ClN3O2S3/c19-16-1-2-17(26-16)27(23,24)22-9-4-15(5-10-22)18-20-7-11-21(18)8-3-14-6-12-25-13-14/h1-2,6-7,11-13,15H,3-5,8-10H2. The molecule has 0 amide bonds. The van der Waals surface area contributed by atoms with Crippen molar-refractivity contribution >= 4 is 44.3 Å². The van der Waals surface area contributed by atoms with Crippen LogP contribution in [-0.2, 0) is 23.0 Å². The van der Waals surface area contributed by atoms with E-state index in [2.05, 4.69) is 26.4 Å². The van der Waals surface area contributed by atoms with Crippen molar-refractivity contribution in [1.29, 1.82) is 0 Å². The molecule has 0 unspecified atom stereocenters. The van der Waals surface area contributed by atoms with Gasteiger partial charge in [-0.15, -0.1) is 11.3 Å². The lowest BCUT2D eigenvalue weighted by molar-refractivity contribution is 0.310. The van der Waals surface area contributed by atoms with Crippen molar-refractivity contribution in [2.45, 2.75) is 35.9 Å². The van der Waals surface area contributed by atoms with Crippen LogP contribution in [0.4, 0.5) is 0 Å². The lowest BCUT2D eigenvalue weighted by Gasteiger charge is -2.30. The smallest absolute Gasteiger partial charge is 0.252 e. The summed E-state index contributed by atoms with van der Waals surface area (Å²) in [5.41, 5.74) is 1.34. The van der Waals surface area contributed by atoms with Crippen LogP contribution in [-0.4, -0.2) is 35.4 Å². The van der Waals surface area contributed by atoms with Crippen molar-refractivity contribution in [2.24, 2.45) is 0 Å². The molecule has 0 saturated carbocycles. The minimum absolute atomic E-state index is 0.292. The maximum atomic E-state index is 12.8. The second-order valence-electron chi connectivity index (χ2n) is 6.60. The van der Waals surface area contributed by atoms with Crippen LogP contribution in [0, 0.1) is 0 Å². The highest BCUT2D eigenvalue weighted by Gasteiger charge is 2.32. The van der Waals surface area contributed by atoms with Gasteiger partial charge < -0.3 is 4.57 Å². The first-order chi connectivity index (χ1) is 13.0. The Balaban J connectivity index is 1.40. The quantitative estimate of drug-likeness (QED) is 0.567. The maximum Gasteiger partial charge on any atom is 0.252 e. The Hall–Kier alpha value is -1.19. The van der Waals surface area contributed by atoms with Crippen LogP contribution in [0.3, 0.4) is 0 Å². The Morgan fingerprint density at radius 2 is 2.04 bits per heavy atom. The number of imidazole rings is 1. The van der Waals surface area contributed by atoms with Crippen molar-refractivity contribution in [1.82, 2.24) is 13.9 Å². The van der Waals surface area contributed by atoms with Crippen LogP contribution < -0.4 is 0 Å². The number of piperidine rings is 1. The van der Waals surface area contributed by atoms with Gasteiger partial charge in [0.25, 0.3) is 10.0 Å². The van der Waals surface area contributed by atoms with E-state index in [0.717, 1.165) is 43.0 Å². The van der Waals surface area contributed by atoms with E-state index in [0.29, 0.717) is 27.6 Å². The summed E-state index contributed by atoms with van der Waals surface area (Å²) in [5, 5.41) is 4.28. The number of aryl methyl sites for hydroxylation is 2. The first-order valence-corrected chi connectivity index (χ1v) is 12.4. The molecule has 27 heavy (non-hydrogen) atoms. The van der Waals surface area contributed by atoms with Gasteiger partial charge in [0.15, 0.2) is 0 Å². The van der Waals surface area contributed by atoms with Gasteiger partial charge >= 0.3 is 0 Å². The van der Waals surface area contributed by atoms with E-state index in [1.807, 2.05) is 12.4 Å². The van der Waals surface area contributed by atoms with E-state index in [9.17, 15) is 8.42 Å². The molecule has 0 aromatic carbocycles. The van der Waals surface area contributed by atoms with Crippen LogP contribution in [0.2, 0.25) is 4.34 Å². The maximum absolute atomic E-state index is 12.8. The largest absolute Gasteiger partial charge is 0.334 e. The fourth-order valence-electron chi connectivity index (χ4n) is 3.47. The average molecular weight is 442 g/mol. The van der Waals surface area contributed by atoms with Gasteiger partial charge in [-0.05, 0) is 53.8 Å². The first kappa shape index (κ1) is 19.1. The molecule has 5 nitrogen and oxygen atoms in total. The lowest BCUT2D eigenvalue weighted by atomic mass is 9.97. The highest BCUT2D eigenvalue weighted by atomic mass is 35.5. The van der Waals surface area contributed by atoms with E-state index in [4.69, 9.17) is 11.6 Å². The molecule has 0 spiro atoms. The molecule has 3 aromatic heterocycles. The zero-order valence-corrected chi connectivity index (χ0v) is 17.8. The van der Waals surface area contributed by atoms with E-state index in [1.54, 1.807) is 27.8 Å². The Labute approximate surface area is 172 Å². The Kier molecular flexibility index (Phi) is 5.70. The van der Waals surface area contributed by atoms with Gasteiger partial charge in [0.05, 0.1) is 4.34 Å². The van der Waals surface area contributed by atoms with Gasteiger partial charge in [-0.1, -0.05) is 11.6 Å². The van der Waals surface area contributed by atoms with E-state index >= 15 is 0 Å². The summed E-state index contributed by atoms with van der Waals surface area (Å²) < 4.78 is 30.1. The third-order valence-corrected chi connectivity index (χ3v) is 9.26. The summed E-state index contributed by atoms with van der Waals surface area (Å²) in [6.45, 7) is 1.93. The van der Waals surface area contributed by atoms with Gasteiger partial charge in [0.1, 0.15) is 10.0 Å². The Morgan fingerprint density at radius 1 is 1.22 bits per heavy atom. The van der Waals surface area contributed by atoms with Crippen molar-refractivity contribution < 1.29 is 8.42 Å². The van der Waals surface area contributed by atoms with Crippen LogP contribution >= 0.6 is 34.3 Å². The predicted octanol–water partition coefficient (Wildman–Crippen LogP) is 4.47. The first-order valence-electron chi connectivity index (χ1n) is 8.81. The molecule has 0 aliphatic carbocycles. The highest BCUT2D eigenvalue weighted by Crippen LogP contribution is 2.33. The van der Waals surface area contributed by atoms with Crippen molar-refractivity contribution in [3.8, 4) is 0 Å². The van der Waals surface area contributed by atoms with Crippen molar-refractivity contribution in [3.05, 3.63) is 57.1 Å². The van der Waals surface area contributed by atoms with Gasteiger partial charge in [0, 0.05) is 37.9 Å². The van der Waals surface area contributed by atoms with Gasteiger partial charge in [-0.3, -0.25) is 0 Å². The van der Waals surface area contributed by atoms with E-state index in [1.165, 1.54) is 5.56 Å². The fourth-order valence-corrected chi connectivity index (χ4v) is 7.28. The number of thiophene rings is 2. The predicted molar refractivity (Wildman–Crippen MR) is 110 cm³/mol. The minimum Gasteiger partial charge on any atom is -0.334 e. The summed E-state index contributed by atoms with van der Waals surface area (Å²) in [5.74, 6) is 1.36. The number of halogens is 1. The molecule has 4 heterocycles. The molecule has 1 saturated heterocycles. The molecule has 0 N–H and O–H groups in total. The molecule has 3 aromatic rings. The van der Waals surface area contributed by atoms with E-state index < -0.39 is 10.0 Å². The summed E-state index contributed by atoms with van der Waals surface area (Å²) in [6.07, 6.45) is 6.43. The average Bonchev–Trinajstić information content (AvgIpc) is 3.42. The third-order valence-electron chi connectivity index (χ3n) is 4.93. The topological polar surface area (TPSA) is 55.2 Å². The second-order valence-corrected chi connectivity index (χ2v) is 11.3. The molecular formula is C18H20ClN3O2S3. The summed E-state index contributed by atoms with van der Waals surface area (Å²) in [4.78, 5) is 4.57. The molecule has 0 atom stereocenters. The SMILES string of the molecule is O=S(=O)(c1ccc(Cl)s1)N1CCC(c2nccn2CCc2ccsc2)CC1. The van der Waals surface area contributed by atoms with Gasteiger partial charge in [-0.2, -0.15) is 15.6 Å². The monoisotopic (exact) mass is 441 g/mol. The van der Waals surface area contributed by atoms with Crippen LogP contribution in [0.15, 0.2) is 45.6 Å². The molecule has 4 rings (SSSR count). The summed E-state index contributed by atoms with van der Waals surface area (Å²) >= 11 is 8.74. The lowest BCUT2D eigenvalue weighted by Crippen LogP contribution is -2.38. The highest BCUT2D eigenvalue weighted by molar-refractivity contribution is 7.91. The Morgan fingerprint density at radius 3 is 2.70 bits per heavy atom. The van der Waals surface area contributed by atoms with E-state index in [-0.39, 0.29) is 0 Å². The van der Waals surface area contributed by atoms with Gasteiger partial charge in [0.2, 0.25) is 0 Å². The van der Waals surface area contributed by atoms with Crippen LogP contribution in [0.1, 0.15) is 30.1 Å². The number of aromatic nitrogens is 2. The normalized spacial score (nSPS) is 16.8. The molecule has 1 aliphatic heterocycles. The summed E-state index contributed by atoms with van der Waals surface area (Å²) in [7, 11) is -3.44. The number of hydrogen-bond donors (Lipinski definition) is 0. The molecule has 0 radical (unpaired) electrons. The molecule has 0 bridgehead atoms. The van der Waals surface area contributed by atoms with Crippen LogP contribution in [0.5, 0.6) is 0 Å². The van der Waals surface area contributed by atoms with Crippen molar-refractivity contribution in [2.75, 3.05) is 13.1 Å². The van der Waals surface area contributed by atoms with Gasteiger partial charge in [-0.25, -0.2) is 13.4 Å². The molecule has 1 fully saturated rings. The minimum atomic E-state index is -3.44. The zero-order valence-electron chi connectivity index (χ0n) is 14.6. The summed E-state index contributed by atoms with van der Waals surface area (Å²) in [6, 6.07) is 5.38. The number of nitrogens with zero attached hydrogens (tertiary/aromatic N) is 3. The number of rotatable bonds is 6. The van der Waals surface area contributed by atoms with Crippen LogP contribution in [0.25, 0.3) is 0 Å². The molecule has 1 aliphatic rings. The number of sulfonamides is 1. The Bertz CT molecular complexity index is 987. The number of hydrogen-bond acceptors (Lipinski definition) is 5. The zero-order chi connectivity index (χ0) is 18.9. The molecular weight excluding hydrogens is 422 g/mol. The van der Waals surface area contributed by atoms with Crippen molar-refractivity contribution in [3.63, 3.8) is 0 Å². The molecule has 144 valence electrons. The fraction of sp³-hybridized carbons (Fsp3) is 0.389. The molecule has 9 heteroatoms. The third kappa shape index (κ3) is 4.14. The second kappa shape index (κ2) is 8.05.